The fraction of sp³-hybridized carbons (Fsp3) is 0.385. The molecule has 5 nitrogen and oxygen atoms in total. The first kappa shape index (κ1) is 13.8. The lowest BCUT2D eigenvalue weighted by molar-refractivity contribution is 0.0980. The van der Waals surface area contributed by atoms with Gasteiger partial charge in [0.25, 0.3) is 0 Å². The topological polar surface area (TPSA) is 68.5 Å². The molecule has 0 spiro atoms. The van der Waals surface area contributed by atoms with Crippen molar-refractivity contribution in [2.75, 3.05) is 21.3 Å². The molecule has 0 saturated carbocycles. The van der Waals surface area contributed by atoms with Crippen LogP contribution in [0.25, 0.3) is 0 Å². The maximum atomic E-state index is 11.9. The van der Waals surface area contributed by atoms with Gasteiger partial charge in [-0.05, 0) is 6.07 Å². The SMILES string of the molecule is COc1cc(OC)c(C(=O)CCC#N)cc1OC. The van der Waals surface area contributed by atoms with E-state index in [9.17, 15) is 4.79 Å². The first-order chi connectivity index (χ1) is 8.67. The molecule has 0 radical (unpaired) electrons. The number of hydrogen-bond acceptors (Lipinski definition) is 5. The Balaban J connectivity index is 3.17. The molecule has 1 rings (SSSR count). The molecule has 96 valence electrons. The van der Waals surface area contributed by atoms with Gasteiger partial charge in [-0.25, -0.2) is 0 Å². The number of nitrogens with zero attached hydrogens (tertiary/aromatic N) is 1. The van der Waals surface area contributed by atoms with Crippen molar-refractivity contribution in [1.29, 1.82) is 5.26 Å². The second-order valence-electron chi connectivity index (χ2n) is 3.49. The van der Waals surface area contributed by atoms with Crippen LogP contribution in [0.15, 0.2) is 12.1 Å². The smallest absolute Gasteiger partial charge is 0.167 e. The van der Waals surface area contributed by atoms with Crippen LogP contribution >= 0.6 is 0 Å². The van der Waals surface area contributed by atoms with E-state index in [1.54, 1.807) is 12.1 Å². The van der Waals surface area contributed by atoms with E-state index in [-0.39, 0.29) is 18.6 Å². The minimum absolute atomic E-state index is 0.155. The van der Waals surface area contributed by atoms with Crippen LogP contribution in [0.5, 0.6) is 17.2 Å². The van der Waals surface area contributed by atoms with Gasteiger partial charge in [-0.2, -0.15) is 5.26 Å². The predicted octanol–water partition coefficient (Wildman–Crippen LogP) is 2.20. The average molecular weight is 249 g/mol. The zero-order chi connectivity index (χ0) is 13.5. The van der Waals surface area contributed by atoms with Gasteiger partial charge < -0.3 is 14.2 Å². The van der Waals surface area contributed by atoms with E-state index < -0.39 is 0 Å². The summed E-state index contributed by atoms with van der Waals surface area (Å²) in [5.74, 6) is 1.20. The van der Waals surface area contributed by atoms with Crippen LogP contribution in [0.4, 0.5) is 0 Å². The zero-order valence-corrected chi connectivity index (χ0v) is 10.6. The molecule has 1 aromatic rings. The highest BCUT2D eigenvalue weighted by molar-refractivity contribution is 5.99. The van der Waals surface area contributed by atoms with Crippen molar-refractivity contribution < 1.29 is 19.0 Å². The number of nitriles is 1. The summed E-state index contributed by atoms with van der Waals surface area (Å²) >= 11 is 0. The van der Waals surface area contributed by atoms with E-state index in [1.165, 1.54) is 21.3 Å². The van der Waals surface area contributed by atoms with Crippen LogP contribution in [-0.2, 0) is 0 Å². The summed E-state index contributed by atoms with van der Waals surface area (Å²) in [4.78, 5) is 11.9. The van der Waals surface area contributed by atoms with E-state index in [0.717, 1.165) is 0 Å². The fourth-order valence-electron chi connectivity index (χ4n) is 1.55. The van der Waals surface area contributed by atoms with Crippen molar-refractivity contribution in [1.82, 2.24) is 0 Å². The Morgan fingerprint density at radius 3 is 2.17 bits per heavy atom. The van der Waals surface area contributed by atoms with Crippen molar-refractivity contribution >= 4 is 5.78 Å². The summed E-state index contributed by atoms with van der Waals surface area (Å²) < 4.78 is 15.4. The normalized spacial score (nSPS) is 9.44. The van der Waals surface area contributed by atoms with Crippen LogP contribution < -0.4 is 14.2 Å². The molecule has 1 aromatic carbocycles. The third-order valence-corrected chi connectivity index (χ3v) is 2.47. The summed E-state index contributed by atoms with van der Waals surface area (Å²) in [6.07, 6.45) is 0.332. The number of rotatable bonds is 6. The monoisotopic (exact) mass is 249 g/mol. The molecule has 0 bridgehead atoms. The first-order valence-electron chi connectivity index (χ1n) is 5.38. The summed E-state index contributed by atoms with van der Waals surface area (Å²) in [6, 6.07) is 5.10. The number of ketones is 1. The zero-order valence-electron chi connectivity index (χ0n) is 10.6. The Kier molecular flexibility index (Phi) is 5.00. The van der Waals surface area contributed by atoms with Crippen molar-refractivity contribution in [3.8, 4) is 23.3 Å². The largest absolute Gasteiger partial charge is 0.496 e. The maximum absolute atomic E-state index is 11.9. The summed E-state index contributed by atoms with van der Waals surface area (Å²) in [5.41, 5.74) is 0.394. The molecule has 0 heterocycles. The molecule has 18 heavy (non-hydrogen) atoms. The molecule has 0 aliphatic carbocycles. The van der Waals surface area contributed by atoms with Gasteiger partial charge in [-0.15, -0.1) is 0 Å². The lowest BCUT2D eigenvalue weighted by atomic mass is 10.0. The molecule has 0 aliphatic heterocycles. The third-order valence-electron chi connectivity index (χ3n) is 2.47. The molecular weight excluding hydrogens is 234 g/mol. The van der Waals surface area contributed by atoms with Gasteiger partial charge in [-0.1, -0.05) is 0 Å². The summed E-state index contributed by atoms with van der Waals surface area (Å²) in [6.45, 7) is 0. The van der Waals surface area contributed by atoms with E-state index in [4.69, 9.17) is 19.5 Å². The number of ether oxygens (including phenoxy) is 3. The van der Waals surface area contributed by atoms with Gasteiger partial charge in [0.15, 0.2) is 17.3 Å². The molecule has 0 N–H and O–H groups in total. The molecule has 0 unspecified atom stereocenters. The van der Waals surface area contributed by atoms with E-state index in [0.29, 0.717) is 22.8 Å². The van der Waals surface area contributed by atoms with E-state index in [1.807, 2.05) is 6.07 Å². The number of Topliss-reactive ketones (excluding diaryl/α,β-unsaturated/α-hetero) is 1. The molecule has 5 heteroatoms. The Labute approximate surface area is 106 Å². The lowest BCUT2D eigenvalue weighted by Gasteiger charge is -2.13. The van der Waals surface area contributed by atoms with Gasteiger partial charge >= 0.3 is 0 Å². The Morgan fingerprint density at radius 1 is 1.11 bits per heavy atom. The van der Waals surface area contributed by atoms with Gasteiger partial charge in [0.1, 0.15) is 5.75 Å². The fourth-order valence-corrected chi connectivity index (χ4v) is 1.55. The minimum Gasteiger partial charge on any atom is -0.496 e. The molecule has 0 aliphatic rings. The van der Waals surface area contributed by atoms with Crippen LogP contribution in [-0.4, -0.2) is 27.1 Å². The van der Waals surface area contributed by atoms with E-state index >= 15 is 0 Å². The molecule has 0 fully saturated rings. The highest BCUT2D eigenvalue weighted by Gasteiger charge is 2.17. The van der Waals surface area contributed by atoms with Crippen molar-refractivity contribution in [2.45, 2.75) is 12.8 Å². The van der Waals surface area contributed by atoms with Gasteiger partial charge in [0.05, 0.1) is 33.0 Å². The quantitative estimate of drug-likeness (QED) is 0.723. The molecule has 0 saturated heterocycles. The van der Waals surface area contributed by atoms with Gasteiger partial charge in [0.2, 0.25) is 0 Å². The predicted molar refractivity (Wildman–Crippen MR) is 65.3 cm³/mol. The Hall–Kier alpha value is -2.22. The number of methoxy groups -OCH3 is 3. The van der Waals surface area contributed by atoms with Crippen LogP contribution in [0.2, 0.25) is 0 Å². The Morgan fingerprint density at radius 2 is 1.67 bits per heavy atom. The van der Waals surface area contributed by atoms with Crippen LogP contribution in [0, 0.1) is 11.3 Å². The van der Waals surface area contributed by atoms with Crippen molar-refractivity contribution in [2.24, 2.45) is 0 Å². The second-order valence-corrected chi connectivity index (χ2v) is 3.49. The van der Waals surface area contributed by atoms with Gasteiger partial charge in [-0.3, -0.25) is 4.79 Å². The molecule has 0 amide bonds. The number of carbonyl (C=O) groups is 1. The van der Waals surface area contributed by atoms with E-state index in [2.05, 4.69) is 0 Å². The van der Waals surface area contributed by atoms with Gasteiger partial charge in [0, 0.05) is 18.9 Å². The third kappa shape index (κ3) is 2.92. The van der Waals surface area contributed by atoms with Crippen molar-refractivity contribution in [3.63, 3.8) is 0 Å². The highest BCUT2D eigenvalue weighted by atomic mass is 16.5. The Bertz CT molecular complexity index is 477. The molecule has 0 aromatic heterocycles. The number of carbonyl (C=O) groups excluding carboxylic acids is 1. The summed E-state index contributed by atoms with van der Waals surface area (Å²) in [7, 11) is 4.48. The second kappa shape index (κ2) is 6.50. The first-order valence-corrected chi connectivity index (χ1v) is 5.38. The maximum Gasteiger partial charge on any atom is 0.167 e. The minimum atomic E-state index is -0.158. The summed E-state index contributed by atoms with van der Waals surface area (Å²) in [5, 5.41) is 8.49. The van der Waals surface area contributed by atoms with Crippen LogP contribution in [0.3, 0.4) is 0 Å². The van der Waals surface area contributed by atoms with Crippen LogP contribution in [0.1, 0.15) is 23.2 Å². The highest BCUT2D eigenvalue weighted by Crippen LogP contribution is 2.35. The lowest BCUT2D eigenvalue weighted by Crippen LogP contribution is -2.03. The number of hydrogen-bond donors (Lipinski definition) is 0. The van der Waals surface area contributed by atoms with Crippen molar-refractivity contribution in [3.05, 3.63) is 17.7 Å². The molecule has 0 atom stereocenters. The standard InChI is InChI=1S/C13H15NO4/c1-16-11-8-13(18-3)12(17-2)7-9(11)10(15)5-4-6-14/h7-8H,4-5H2,1-3H3. The number of benzene rings is 1. The average Bonchev–Trinajstić information content (AvgIpc) is 2.42. The molecular formula is C13H15NO4.